The van der Waals surface area contributed by atoms with E-state index >= 15 is 0 Å². The van der Waals surface area contributed by atoms with Gasteiger partial charge in [-0.3, -0.25) is 0 Å². The van der Waals surface area contributed by atoms with Gasteiger partial charge in [-0.25, -0.2) is 0 Å². The van der Waals surface area contributed by atoms with Crippen LogP contribution in [0.2, 0.25) is 0 Å². The Morgan fingerprint density at radius 3 is 1.91 bits per heavy atom. The van der Waals surface area contributed by atoms with Crippen molar-refractivity contribution in [2.24, 2.45) is 22.7 Å². The van der Waals surface area contributed by atoms with E-state index in [9.17, 15) is 0 Å². The van der Waals surface area contributed by atoms with E-state index in [1.54, 1.807) is 0 Å². The molecule has 0 amide bonds. The van der Waals surface area contributed by atoms with Crippen LogP contribution in [0.5, 0.6) is 0 Å². The average Bonchev–Trinajstić information content (AvgIpc) is 2.33. The Kier molecular flexibility index (Phi) is 6.95. The molecule has 0 radical (unpaired) electrons. The van der Waals surface area contributed by atoms with Gasteiger partial charge in [-0.05, 0) is 55.8 Å². The summed E-state index contributed by atoms with van der Waals surface area (Å²) in [6, 6.07) is 1.86. The van der Waals surface area contributed by atoms with Crippen LogP contribution in [0.4, 0.5) is 0 Å². The summed E-state index contributed by atoms with van der Waals surface area (Å²) in [5, 5.41) is 7.71. The fourth-order valence-electron chi connectivity index (χ4n) is 4.09. The van der Waals surface area contributed by atoms with Crippen molar-refractivity contribution in [3.8, 4) is 0 Å². The van der Waals surface area contributed by atoms with E-state index in [4.69, 9.17) is 0 Å². The predicted octanol–water partition coefficient (Wildman–Crippen LogP) is 4.84. The largest absolute Gasteiger partial charge is 0.313 e. The van der Waals surface area contributed by atoms with Crippen LogP contribution in [0.15, 0.2) is 0 Å². The zero-order valence-electron chi connectivity index (χ0n) is 16.7. The van der Waals surface area contributed by atoms with Gasteiger partial charge in [0.1, 0.15) is 0 Å². The summed E-state index contributed by atoms with van der Waals surface area (Å²) in [5.41, 5.74) is 0.837. The van der Waals surface area contributed by atoms with Gasteiger partial charge in [0.15, 0.2) is 0 Å². The molecule has 0 aromatic rings. The third-order valence-corrected chi connectivity index (χ3v) is 5.79. The number of hydrogen-bond donors (Lipinski definition) is 2. The molecule has 2 N–H and O–H groups in total. The van der Waals surface area contributed by atoms with Gasteiger partial charge in [0, 0.05) is 24.7 Å². The second kappa shape index (κ2) is 7.66. The molecule has 0 saturated heterocycles. The van der Waals surface area contributed by atoms with Crippen LogP contribution in [0.3, 0.4) is 0 Å². The van der Waals surface area contributed by atoms with Crippen molar-refractivity contribution in [3.05, 3.63) is 0 Å². The molecule has 2 heteroatoms. The van der Waals surface area contributed by atoms with Crippen molar-refractivity contribution in [1.82, 2.24) is 10.6 Å². The lowest BCUT2D eigenvalue weighted by atomic mass is 9.62. The van der Waals surface area contributed by atoms with Crippen LogP contribution in [0.25, 0.3) is 0 Å². The average molecular weight is 311 g/mol. The summed E-state index contributed by atoms with van der Waals surface area (Å²) in [5.74, 6) is 1.41. The first kappa shape index (κ1) is 20.0. The van der Waals surface area contributed by atoms with Crippen LogP contribution in [0, 0.1) is 22.7 Å². The lowest BCUT2D eigenvalue weighted by Crippen LogP contribution is -2.52. The summed E-state index contributed by atoms with van der Waals surface area (Å²) >= 11 is 0. The maximum Gasteiger partial charge on any atom is 0.00804 e. The first-order valence-corrected chi connectivity index (χ1v) is 9.43. The predicted molar refractivity (Wildman–Crippen MR) is 99.3 cm³/mol. The second-order valence-electron chi connectivity index (χ2n) is 9.87. The van der Waals surface area contributed by atoms with Gasteiger partial charge in [0.25, 0.3) is 0 Å². The molecule has 132 valence electrons. The third kappa shape index (κ3) is 6.20. The van der Waals surface area contributed by atoms with E-state index < -0.39 is 0 Å². The quantitative estimate of drug-likeness (QED) is 0.703. The van der Waals surface area contributed by atoms with Gasteiger partial charge in [0.2, 0.25) is 0 Å². The van der Waals surface area contributed by atoms with Gasteiger partial charge in [-0.2, -0.15) is 0 Å². The number of rotatable bonds is 7. The summed E-state index contributed by atoms with van der Waals surface area (Å²) < 4.78 is 0. The van der Waals surface area contributed by atoms with Crippen LogP contribution in [-0.4, -0.2) is 24.7 Å². The van der Waals surface area contributed by atoms with Crippen LogP contribution in [0.1, 0.15) is 81.6 Å². The standard InChI is InChI=1S/C20H42N2/c1-14(2)16(5)21-13-20(9)11-18(10-19(7,8)12-20)22-17(6)15(3)4/h14-18,21-22H,10-13H2,1-9H3. The van der Waals surface area contributed by atoms with Gasteiger partial charge >= 0.3 is 0 Å². The molecule has 1 rings (SSSR count). The molecular formula is C20H42N2. The van der Waals surface area contributed by atoms with E-state index in [1.165, 1.54) is 19.3 Å². The molecule has 2 nitrogen and oxygen atoms in total. The van der Waals surface area contributed by atoms with Crippen LogP contribution in [-0.2, 0) is 0 Å². The van der Waals surface area contributed by atoms with Crippen molar-refractivity contribution in [3.63, 3.8) is 0 Å². The highest BCUT2D eigenvalue weighted by Gasteiger charge is 2.41. The smallest absolute Gasteiger partial charge is 0.00804 e. The Bertz CT molecular complexity index is 335. The minimum Gasteiger partial charge on any atom is -0.313 e. The molecule has 0 aromatic carbocycles. The van der Waals surface area contributed by atoms with Crippen molar-refractivity contribution >= 4 is 0 Å². The van der Waals surface area contributed by atoms with Crippen LogP contribution >= 0.6 is 0 Å². The zero-order chi connectivity index (χ0) is 17.1. The first-order chi connectivity index (χ1) is 9.94. The molecule has 0 bridgehead atoms. The highest BCUT2D eigenvalue weighted by Crippen LogP contribution is 2.46. The summed E-state index contributed by atoms with van der Waals surface area (Å²) in [6.07, 6.45) is 3.93. The molecule has 4 unspecified atom stereocenters. The zero-order valence-corrected chi connectivity index (χ0v) is 16.7. The Morgan fingerprint density at radius 1 is 0.864 bits per heavy atom. The fourth-order valence-corrected chi connectivity index (χ4v) is 4.09. The highest BCUT2D eigenvalue weighted by atomic mass is 15.0. The molecule has 1 saturated carbocycles. The Labute approximate surface area is 140 Å². The molecule has 0 aliphatic heterocycles. The van der Waals surface area contributed by atoms with Gasteiger partial charge < -0.3 is 10.6 Å². The minimum atomic E-state index is 0.402. The highest BCUT2D eigenvalue weighted by molar-refractivity contribution is 4.96. The van der Waals surface area contributed by atoms with E-state index in [1.807, 2.05) is 0 Å². The number of nitrogens with one attached hydrogen (secondary N) is 2. The molecule has 1 fully saturated rings. The second-order valence-corrected chi connectivity index (χ2v) is 9.87. The minimum absolute atomic E-state index is 0.402. The number of hydrogen-bond acceptors (Lipinski definition) is 2. The lowest BCUT2D eigenvalue weighted by Gasteiger charge is -2.48. The fraction of sp³-hybridized carbons (Fsp3) is 1.00. The molecular weight excluding hydrogens is 268 g/mol. The summed E-state index contributed by atoms with van der Waals surface area (Å²) in [4.78, 5) is 0. The maximum absolute atomic E-state index is 3.91. The third-order valence-electron chi connectivity index (χ3n) is 5.79. The molecule has 1 aliphatic rings. The topological polar surface area (TPSA) is 24.1 Å². The molecule has 0 aromatic heterocycles. The van der Waals surface area contributed by atoms with Gasteiger partial charge in [0.05, 0.1) is 0 Å². The monoisotopic (exact) mass is 310 g/mol. The van der Waals surface area contributed by atoms with E-state index in [0.29, 0.717) is 40.8 Å². The first-order valence-electron chi connectivity index (χ1n) is 9.43. The van der Waals surface area contributed by atoms with E-state index in [-0.39, 0.29) is 0 Å². The molecule has 0 spiro atoms. The normalized spacial score (nSPS) is 31.5. The van der Waals surface area contributed by atoms with Crippen molar-refractivity contribution < 1.29 is 0 Å². The SMILES string of the molecule is CC(C)C(C)NCC1(C)CC(NC(C)C(C)C)CC(C)(C)C1. The Balaban J connectivity index is 2.69. The van der Waals surface area contributed by atoms with Gasteiger partial charge in [-0.1, -0.05) is 48.5 Å². The maximum atomic E-state index is 3.91. The van der Waals surface area contributed by atoms with Crippen molar-refractivity contribution in [2.75, 3.05) is 6.54 Å². The molecule has 4 atom stereocenters. The van der Waals surface area contributed by atoms with Crippen molar-refractivity contribution in [1.29, 1.82) is 0 Å². The van der Waals surface area contributed by atoms with E-state index in [0.717, 1.165) is 6.54 Å². The Hall–Kier alpha value is -0.0800. The molecule has 1 aliphatic carbocycles. The summed E-state index contributed by atoms with van der Waals surface area (Å²) in [7, 11) is 0. The van der Waals surface area contributed by atoms with Crippen molar-refractivity contribution in [2.45, 2.75) is 99.7 Å². The molecule has 0 heterocycles. The van der Waals surface area contributed by atoms with E-state index in [2.05, 4.69) is 72.9 Å². The molecule has 22 heavy (non-hydrogen) atoms. The lowest BCUT2D eigenvalue weighted by molar-refractivity contribution is 0.0615. The Morgan fingerprint density at radius 2 is 1.41 bits per heavy atom. The van der Waals surface area contributed by atoms with Crippen LogP contribution < -0.4 is 10.6 Å². The summed E-state index contributed by atoms with van der Waals surface area (Å²) in [6.45, 7) is 22.4. The van der Waals surface area contributed by atoms with Gasteiger partial charge in [-0.15, -0.1) is 0 Å².